The number of nitrogens with zero attached hydrogens (tertiary/aromatic N) is 5. The SMILES string of the molecule is Cn1ncc(C(=O)C(C#N)C#N)n1. The van der Waals surface area contributed by atoms with Gasteiger partial charge in [0.05, 0.1) is 18.3 Å². The van der Waals surface area contributed by atoms with Crippen LogP contribution in [-0.2, 0) is 7.05 Å². The van der Waals surface area contributed by atoms with Crippen molar-refractivity contribution < 1.29 is 4.79 Å². The normalized spacial score (nSPS) is 9.23. The van der Waals surface area contributed by atoms with Crippen LogP contribution in [0.25, 0.3) is 0 Å². The number of aryl methyl sites for hydroxylation is 1. The summed E-state index contributed by atoms with van der Waals surface area (Å²) in [5.41, 5.74) is 0.0376. The molecule has 0 aliphatic heterocycles. The van der Waals surface area contributed by atoms with Crippen molar-refractivity contribution in [3.05, 3.63) is 11.9 Å². The molecule has 1 heterocycles. The Balaban J connectivity index is 2.94. The zero-order valence-corrected chi connectivity index (χ0v) is 6.80. The molecule has 0 amide bonds. The zero-order chi connectivity index (χ0) is 9.84. The molecule has 0 saturated heterocycles. The minimum absolute atomic E-state index is 0.0376. The van der Waals surface area contributed by atoms with E-state index in [0.717, 1.165) is 0 Å². The Hall–Kier alpha value is -2.21. The van der Waals surface area contributed by atoms with Crippen LogP contribution in [0.1, 0.15) is 10.5 Å². The highest BCUT2D eigenvalue weighted by atomic mass is 16.1. The highest BCUT2D eigenvalue weighted by molar-refractivity contribution is 5.99. The van der Waals surface area contributed by atoms with E-state index in [1.54, 1.807) is 19.2 Å². The van der Waals surface area contributed by atoms with E-state index in [4.69, 9.17) is 10.5 Å². The van der Waals surface area contributed by atoms with Crippen LogP contribution in [0.2, 0.25) is 0 Å². The molecule has 13 heavy (non-hydrogen) atoms. The third kappa shape index (κ3) is 1.68. The van der Waals surface area contributed by atoms with Crippen LogP contribution in [0.15, 0.2) is 6.20 Å². The second-order valence-corrected chi connectivity index (χ2v) is 2.27. The maximum absolute atomic E-state index is 11.3. The molecule has 0 aliphatic rings. The van der Waals surface area contributed by atoms with Crippen LogP contribution in [0.3, 0.4) is 0 Å². The first-order valence-electron chi connectivity index (χ1n) is 3.39. The maximum Gasteiger partial charge on any atom is 0.216 e. The number of aromatic nitrogens is 3. The van der Waals surface area contributed by atoms with Gasteiger partial charge in [-0.3, -0.25) is 4.79 Å². The number of rotatable bonds is 2. The minimum atomic E-state index is -1.29. The number of ketones is 1. The van der Waals surface area contributed by atoms with E-state index < -0.39 is 11.7 Å². The fourth-order valence-corrected chi connectivity index (χ4v) is 0.753. The van der Waals surface area contributed by atoms with Crippen molar-refractivity contribution in [2.75, 3.05) is 0 Å². The molecule has 0 spiro atoms. The third-order valence-electron chi connectivity index (χ3n) is 1.37. The fourth-order valence-electron chi connectivity index (χ4n) is 0.753. The van der Waals surface area contributed by atoms with Gasteiger partial charge >= 0.3 is 0 Å². The molecule has 0 atom stereocenters. The predicted molar refractivity (Wildman–Crippen MR) is 40.0 cm³/mol. The summed E-state index contributed by atoms with van der Waals surface area (Å²) in [6, 6.07) is 3.14. The van der Waals surface area contributed by atoms with Gasteiger partial charge in [-0.25, -0.2) is 0 Å². The van der Waals surface area contributed by atoms with E-state index in [2.05, 4.69) is 10.2 Å². The standard InChI is InChI=1S/C7H5N5O/c1-12-10-4-6(11-12)7(13)5(2-8)3-9/h4-5H,1H3. The lowest BCUT2D eigenvalue weighted by Crippen LogP contribution is -2.11. The molecule has 0 saturated carbocycles. The number of carbonyl (C=O) groups excluding carboxylic acids is 1. The summed E-state index contributed by atoms with van der Waals surface area (Å²) in [5, 5.41) is 24.2. The second kappa shape index (κ2) is 3.46. The van der Waals surface area contributed by atoms with Gasteiger partial charge in [0, 0.05) is 7.05 Å². The summed E-state index contributed by atoms with van der Waals surface area (Å²) >= 11 is 0. The molecule has 0 N–H and O–H groups in total. The summed E-state index contributed by atoms with van der Waals surface area (Å²) in [6.07, 6.45) is 1.23. The van der Waals surface area contributed by atoms with Gasteiger partial charge in [0.25, 0.3) is 0 Å². The van der Waals surface area contributed by atoms with E-state index in [9.17, 15) is 4.79 Å². The molecule has 0 aromatic carbocycles. The lowest BCUT2D eigenvalue weighted by atomic mass is 10.1. The molecular weight excluding hydrogens is 170 g/mol. The Bertz CT molecular complexity index is 393. The number of Topliss-reactive ketones (excluding diaryl/α,β-unsaturated/α-hetero) is 1. The first-order chi connectivity index (χ1) is 6.19. The van der Waals surface area contributed by atoms with Crippen LogP contribution in [0.4, 0.5) is 0 Å². The Labute approximate surface area is 74.0 Å². The molecule has 6 nitrogen and oxygen atoms in total. The van der Waals surface area contributed by atoms with Gasteiger partial charge in [-0.15, -0.1) is 0 Å². The molecule has 0 aliphatic carbocycles. The average Bonchev–Trinajstić information content (AvgIpc) is 2.54. The molecular formula is C7H5N5O. The van der Waals surface area contributed by atoms with E-state index in [-0.39, 0.29) is 5.69 Å². The third-order valence-corrected chi connectivity index (χ3v) is 1.37. The van der Waals surface area contributed by atoms with Crippen molar-refractivity contribution in [3.8, 4) is 12.1 Å². The minimum Gasteiger partial charge on any atom is -0.290 e. The van der Waals surface area contributed by atoms with Crippen LogP contribution < -0.4 is 0 Å². The molecule has 0 radical (unpaired) electrons. The fraction of sp³-hybridized carbons (Fsp3) is 0.286. The molecule has 1 rings (SSSR count). The van der Waals surface area contributed by atoms with Gasteiger partial charge in [0.15, 0.2) is 11.6 Å². The first-order valence-corrected chi connectivity index (χ1v) is 3.39. The lowest BCUT2D eigenvalue weighted by Gasteiger charge is -1.92. The summed E-state index contributed by atoms with van der Waals surface area (Å²) in [4.78, 5) is 12.5. The molecule has 0 bridgehead atoms. The van der Waals surface area contributed by atoms with Gasteiger partial charge in [-0.1, -0.05) is 0 Å². The number of hydrogen-bond donors (Lipinski definition) is 0. The van der Waals surface area contributed by atoms with Crippen molar-refractivity contribution in [1.29, 1.82) is 10.5 Å². The Morgan fingerprint density at radius 1 is 1.62 bits per heavy atom. The first kappa shape index (κ1) is 8.88. The monoisotopic (exact) mass is 175 g/mol. The van der Waals surface area contributed by atoms with Crippen molar-refractivity contribution in [2.24, 2.45) is 13.0 Å². The molecule has 0 fully saturated rings. The number of hydrogen-bond acceptors (Lipinski definition) is 5. The predicted octanol–water partition coefficient (Wildman–Crippen LogP) is -0.339. The summed E-state index contributed by atoms with van der Waals surface area (Å²) in [6.45, 7) is 0. The van der Waals surface area contributed by atoms with Crippen molar-refractivity contribution in [1.82, 2.24) is 15.0 Å². The van der Waals surface area contributed by atoms with E-state index >= 15 is 0 Å². The van der Waals surface area contributed by atoms with Gasteiger partial charge < -0.3 is 0 Å². The van der Waals surface area contributed by atoms with Crippen LogP contribution in [0.5, 0.6) is 0 Å². The summed E-state index contributed by atoms with van der Waals surface area (Å²) < 4.78 is 0. The van der Waals surface area contributed by atoms with Gasteiger partial charge in [-0.05, 0) is 0 Å². The molecule has 1 aromatic rings. The van der Waals surface area contributed by atoms with Gasteiger partial charge in [-0.2, -0.15) is 25.5 Å². The average molecular weight is 175 g/mol. The van der Waals surface area contributed by atoms with Crippen LogP contribution in [-0.4, -0.2) is 20.8 Å². The highest BCUT2D eigenvalue weighted by Gasteiger charge is 2.21. The number of carbonyl (C=O) groups is 1. The maximum atomic E-state index is 11.3. The summed E-state index contributed by atoms with van der Waals surface area (Å²) in [7, 11) is 1.55. The zero-order valence-electron chi connectivity index (χ0n) is 6.80. The number of nitriles is 2. The Kier molecular flexibility index (Phi) is 2.36. The van der Waals surface area contributed by atoms with Gasteiger partial charge in [0.1, 0.15) is 0 Å². The molecule has 64 valence electrons. The van der Waals surface area contributed by atoms with Gasteiger partial charge in [0.2, 0.25) is 5.78 Å². The van der Waals surface area contributed by atoms with E-state index in [1.807, 2.05) is 0 Å². The molecule has 0 unspecified atom stereocenters. The van der Waals surface area contributed by atoms with E-state index in [1.165, 1.54) is 11.0 Å². The van der Waals surface area contributed by atoms with Crippen molar-refractivity contribution >= 4 is 5.78 Å². The lowest BCUT2D eigenvalue weighted by molar-refractivity contribution is 0.0965. The quantitative estimate of drug-likeness (QED) is 0.573. The molecule has 6 heteroatoms. The van der Waals surface area contributed by atoms with Crippen molar-refractivity contribution in [3.63, 3.8) is 0 Å². The molecule has 1 aromatic heterocycles. The van der Waals surface area contributed by atoms with E-state index in [0.29, 0.717) is 0 Å². The summed E-state index contributed by atoms with van der Waals surface area (Å²) in [5.74, 6) is -1.91. The van der Waals surface area contributed by atoms with Crippen LogP contribution >= 0.6 is 0 Å². The van der Waals surface area contributed by atoms with Crippen molar-refractivity contribution in [2.45, 2.75) is 0 Å². The highest BCUT2D eigenvalue weighted by Crippen LogP contribution is 2.03. The smallest absolute Gasteiger partial charge is 0.216 e. The van der Waals surface area contributed by atoms with Crippen LogP contribution in [0, 0.1) is 28.6 Å². The topological polar surface area (TPSA) is 95.4 Å². The second-order valence-electron chi connectivity index (χ2n) is 2.27. The Morgan fingerprint density at radius 2 is 2.23 bits per heavy atom. The Morgan fingerprint density at radius 3 is 2.62 bits per heavy atom. The largest absolute Gasteiger partial charge is 0.290 e.